The van der Waals surface area contributed by atoms with Gasteiger partial charge in [0.05, 0.1) is 0 Å². The van der Waals surface area contributed by atoms with E-state index in [9.17, 15) is 14.3 Å². The van der Waals surface area contributed by atoms with Gasteiger partial charge in [0.15, 0.2) is 0 Å². The average molecular weight is 429 g/mol. The number of ether oxygens (including phenoxy) is 1. The molecule has 0 spiro atoms. The van der Waals surface area contributed by atoms with E-state index in [-0.39, 0.29) is 24.3 Å². The minimum atomic E-state index is -0.776. The van der Waals surface area contributed by atoms with Crippen molar-refractivity contribution in [1.82, 2.24) is 10.6 Å². The number of alkyl halides is 1. The van der Waals surface area contributed by atoms with Gasteiger partial charge in [-0.25, -0.2) is 4.39 Å². The molecule has 0 amide bonds. The monoisotopic (exact) mass is 428 g/mol. The Hall–Kier alpha value is -0.370. The Morgan fingerprint density at radius 2 is 1.93 bits per heavy atom. The van der Waals surface area contributed by atoms with Crippen molar-refractivity contribution in [1.29, 1.82) is 0 Å². The average Bonchev–Trinajstić information content (AvgIpc) is 3.35. The minimum Gasteiger partial charge on any atom is -0.458 e. The lowest BCUT2D eigenvalue weighted by molar-refractivity contribution is -0.155. The van der Waals surface area contributed by atoms with E-state index in [0.717, 1.165) is 42.9 Å². The third kappa shape index (κ3) is 5.86. The zero-order valence-electron chi connectivity index (χ0n) is 17.4. The van der Waals surface area contributed by atoms with Crippen LogP contribution in [0.1, 0.15) is 64.2 Å². The Morgan fingerprint density at radius 1 is 1.10 bits per heavy atom. The quantitative estimate of drug-likeness (QED) is 0.565. The Kier molecular flexibility index (Phi) is 7.75. The van der Waals surface area contributed by atoms with Gasteiger partial charge in [-0.2, -0.15) is 0 Å². The van der Waals surface area contributed by atoms with Crippen molar-refractivity contribution in [3.8, 4) is 0 Å². The van der Waals surface area contributed by atoms with Gasteiger partial charge in [0.2, 0.25) is 0 Å². The third-order valence-corrected chi connectivity index (χ3v) is 8.91. The number of thioether (sulfide) groups is 1. The summed E-state index contributed by atoms with van der Waals surface area (Å²) in [6.45, 7) is 1.64. The fourth-order valence-corrected chi connectivity index (χ4v) is 7.11. The van der Waals surface area contributed by atoms with E-state index >= 15 is 0 Å². The number of hydrogen-bond donors (Lipinski definition) is 3. The van der Waals surface area contributed by atoms with E-state index in [1.54, 1.807) is 0 Å². The normalized spacial score (nSPS) is 43.4. The SMILES string of the molecule is O=C(CC1CCCC(F)C1)O[C@@H]1[C@@H](O)CN[C@@H]1CC1CCC(C2CNCS2)CC1. The molecule has 0 aromatic heterocycles. The van der Waals surface area contributed by atoms with Crippen LogP contribution in [-0.2, 0) is 9.53 Å². The number of nitrogens with one attached hydrogen (secondary N) is 2. The molecule has 3 N–H and O–H groups in total. The van der Waals surface area contributed by atoms with E-state index in [1.807, 2.05) is 0 Å². The second kappa shape index (κ2) is 10.3. The molecule has 0 bridgehead atoms. The molecule has 2 saturated heterocycles. The largest absolute Gasteiger partial charge is 0.458 e. The summed E-state index contributed by atoms with van der Waals surface area (Å²) in [6.07, 6.45) is 7.28. The Balaban J connectivity index is 1.22. The predicted molar refractivity (Wildman–Crippen MR) is 113 cm³/mol. The lowest BCUT2D eigenvalue weighted by Crippen LogP contribution is -2.40. The van der Waals surface area contributed by atoms with Crippen LogP contribution >= 0.6 is 11.8 Å². The Bertz CT molecular complexity index is 540. The molecule has 2 heterocycles. The first-order valence-electron chi connectivity index (χ1n) is 11.7. The molecule has 0 aromatic carbocycles. The predicted octanol–water partition coefficient (Wildman–Crippen LogP) is 3.01. The van der Waals surface area contributed by atoms with E-state index in [1.165, 1.54) is 25.7 Å². The highest BCUT2D eigenvalue weighted by Crippen LogP contribution is 2.39. The van der Waals surface area contributed by atoms with Gasteiger partial charge in [-0.05, 0) is 56.3 Å². The number of carbonyl (C=O) groups excluding carboxylic acids is 1. The zero-order chi connectivity index (χ0) is 20.2. The molecule has 0 aromatic rings. The number of aliphatic hydroxyl groups is 1. The summed E-state index contributed by atoms with van der Waals surface area (Å²) in [4.78, 5) is 12.5. The maximum Gasteiger partial charge on any atom is 0.306 e. The van der Waals surface area contributed by atoms with Gasteiger partial charge in [-0.15, -0.1) is 11.8 Å². The summed E-state index contributed by atoms with van der Waals surface area (Å²) in [5.41, 5.74) is 0. The molecule has 166 valence electrons. The van der Waals surface area contributed by atoms with Crippen LogP contribution in [0.15, 0.2) is 0 Å². The van der Waals surface area contributed by atoms with Crippen molar-refractivity contribution in [3.05, 3.63) is 0 Å². The van der Waals surface area contributed by atoms with Crippen molar-refractivity contribution in [2.45, 2.75) is 93.9 Å². The summed E-state index contributed by atoms with van der Waals surface area (Å²) >= 11 is 2.07. The van der Waals surface area contributed by atoms with Gasteiger partial charge < -0.3 is 20.5 Å². The zero-order valence-corrected chi connectivity index (χ0v) is 18.2. The molecule has 2 aliphatic carbocycles. The number of aliphatic hydroxyl groups excluding tert-OH is 1. The Morgan fingerprint density at radius 3 is 2.66 bits per heavy atom. The number of esters is 1. The van der Waals surface area contributed by atoms with Crippen LogP contribution in [0.2, 0.25) is 0 Å². The standard InChI is InChI=1S/C22H37FN2O3S/c23-17-3-1-2-15(8-17)10-21(27)28-22-18(25-11-19(22)26)9-14-4-6-16(7-5-14)20-12-24-13-29-20/h14-20,22,24-26H,1-13H2/t14?,15?,16?,17?,18-,19+,20?,22+/m1/s1. The summed E-state index contributed by atoms with van der Waals surface area (Å²) < 4.78 is 19.3. The van der Waals surface area contributed by atoms with Gasteiger partial charge >= 0.3 is 5.97 Å². The van der Waals surface area contributed by atoms with E-state index in [4.69, 9.17) is 4.74 Å². The number of halogens is 1. The van der Waals surface area contributed by atoms with Crippen LogP contribution in [0.5, 0.6) is 0 Å². The van der Waals surface area contributed by atoms with Gasteiger partial charge in [-0.3, -0.25) is 4.79 Å². The fraction of sp³-hybridized carbons (Fsp3) is 0.955. The molecule has 4 fully saturated rings. The van der Waals surface area contributed by atoms with Crippen LogP contribution in [0.4, 0.5) is 4.39 Å². The summed E-state index contributed by atoms with van der Waals surface area (Å²) in [6, 6.07) is 0.0401. The third-order valence-electron chi connectivity index (χ3n) is 7.56. The van der Waals surface area contributed by atoms with Crippen LogP contribution in [0, 0.1) is 17.8 Å². The smallest absolute Gasteiger partial charge is 0.306 e. The molecule has 7 heteroatoms. The fourth-order valence-electron chi connectivity index (χ4n) is 5.88. The number of rotatable bonds is 6. The number of β-amino-alcohol motifs (C(OH)–C–C–N with tert-alkyl or cyclic N) is 1. The number of hydrogen-bond acceptors (Lipinski definition) is 6. The molecular formula is C22H37FN2O3S. The van der Waals surface area contributed by atoms with Gasteiger partial charge in [0.1, 0.15) is 18.4 Å². The molecule has 2 saturated carbocycles. The van der Waals surface area contributed by atoms with Crippen molar-refractivity contribution in [3.63, 3.8) is 0 Å². The minimum absolute atomic E-state index is 0.0401. The Labute approximate surface area is 178 Å². The van der Waals surface area contributed by atoms with Crippen LogP contribution in [-0.4, -0.2) is 59.7 Å². The van der Waals surface area contributed by atoms with Crippen molar-refractivity contribution < 1.29 is 19.0 Å². The van der Waals surface area contributed by atoms with E-state index in [0.29, 0.717) is 25.3 Å². The lowest BCUT2D eigenvalue weighted by atomic mass is 9.77. The first-order chi connectivity index (χ1) is 14.1. The second-order valence-corrected chi connectivity index (χ2v) is 10.9. The highest BCUT2D eigenvalue weighted by molar-refractivity contribution is 8.00. The van der Waals surface area contributed by atoms with Crippen molar-refractivity contribution >= 4 is 17.7 Å². The van der Waals surface area contributed by atoms with Gasteiger partial charge in [0.25, 0.3) is 0 Å². The molecule has 2 aliphatic heterocycles. The number of carbonyl (C=O) groups is 1. The molecule has 4 aliphatic rings. The molecule has 6 atom stereocenters. The summed E-state index contributed by atoms with van der Waals surface area (Å²) in [7, 11) is 0. The second-order valence-electron chi connectivity index (χ2n) is 9.69. The first-order valence-corrected chi connectivity index (χ1v) is 12.7. The lowest BCUT2D eigenvalue weighted by Gasteiger charge is -2.33. The van der Waals surface area contributed by atoms with Crippen LogP contribution in [0.25, 0.3) is 0 Å². The summed E-state index contributed by atoms with van der Waals surface area (Å²) in [5, 5.41) is 18.0. The highest BCUT2D eigenvalue weighted by atomic mass is 32.2. The molecular weight excluding hydrogens is 391 g/mol. The first kappa shape index (κ1) is 21.8. The highest BCUT2D eigenvalue weighted by Gasteiger charge is 2.40. The molecule has 0 radical (unpaired) electrons. The van der Waals surface area contributed by atoms with E-state index in [2.05, 4.69) is 22.4 Å². The molecule has 4 rings (SSSR count). The topological polar surface area (TPSA) is 70.6 Å². The van der Waals surface area contributed by atoms with Crippen LogP contribution < -0.4 is 10.6 Å². The molecule has 29 heavy (non-hydrogen) atoms. The summed E-state index contributed by atoms with van der Waals surface area (Å²) in [5.74, 6) is 2.39. The van der Waals surface area contributed by atoms with Gasteiger partial charge in [-0.1, -0.05) is 19.3 Å². The van der Waals surface area contributed by atoms with Crippen LogP contribution in [0.3, 0.4) is 0 Å². The van der Waals surface area contributed by atoms with Gasteiger partial charge in [0, 0.05) is 36.7 Å². The van der Waals surface area contributed by atoms with E-state index < -0.39 is 18.4 Å². The maximum absolute atomic E-state index is 13.6. The molecule has 3 unspecified atom stereocenters. The van der Waals surface area contributed by atoms with Crippen molar-refractivity contribution in [2.75, 3.05) is 19.0 Å². The molecule has 5 nitrogen and oxygen atoms in total. The maximum atomic E-state index is 13.6. The van der Waals surface area contributed by atoms with Crippen molar-refractivity contribution in [2.24, 2.45) is 17.8 Å².